The Morgan fingerprint density at radius 2 is 1.75 bits per heavy atom. The summed E-state index contributed by atoms with van der Waals surface area (Å²) in [4.78, 5) is 0. The van der Waals surface area contributed by atoms with E-state index in [0.29, 0.717) is 19.7 Å². The minimum absolute atomic E-state index is 0.248. The van der Waals surface area contributed by atoms with E-state index >= 15 is 0 Å². The third-order valence-corrected chi connectivity index (χ3v) is 3.61. The molecule has 1 N–H and O–H groups in total. The molecular formula is C9H3Br2ClN4. The molecule has 0 aliphatic carbocycles. The Hall–Kier alpha value is -1.08. The van der Waals surface area contributed by atoms with Crippen LogP contribution in [-0.4, -0.2) is 5.71 Å². The minimum atomic E-state index is -0.248. The molecule has 0 fully saturated rings. The molecule has 0 spiro atoms. The number of rotatable bonds is 2. The van der Waals surface area contributed by atoms with Gasteiger partial charge in [0.15, 0.2) is 0 Å². The van der Waals surface area contributed by atoms with Crippen molar-refractivity contribution in [3.8, 4) is 12.1 Å². The van der Waals surface area contributed by atoms with Gasteiger partial charge in [0.05, 0.1) is 10.7 Å². The van der Waals surface area contributed by atoms with Crippen LogP contribution >= 0.6 is 43.5 Å². The monoisotopic (exact) mass is 360 g/mol. The number of benzene rings is 1. The fourth-order valence-electron chi connectivity index (χ4n) is 0.816. The van der Waals surface area contributed by atoms with Crippen molar-refractivity contribution in [2.24, 2.45) is 5.10 Å². The number of hydrogen-bond donors (Lipinski definition) is 1. The second-order valence-corrected chi connectivity index (χ2v) is 4.64. The summed E-state index contributed by atoms with van der Waals surface area (Å²) < 4.78 is 1.36. The Labute approximate surface area is 114 Å². The molecule has 0 aliphatic heterocycles. The molecule has 1 rings (SSSR count). The first-order valence-corrected chi connectivity index (χ1v) is 5.83. The third-order valence-electron chi connectivity index (χ3n) is 1.49. The Morgan fingerprint density at radius 1 is 1.25 bits per heavy atom. The fraction of sp³-hybridized carbons (Fsp3) is 0. The lowest BCUT2D eigenvalue weighted by Gasteiger charge is -2.04. The zero-order valence-corrected chi connectivity index (χ0v) is 11.6. The maximum absolute atomic E-state index is 8.47. The number of hydrogen-bond acceptors (Lipinski definition) is 4. The topological polar surface area (TPSA) is 72.0 Å². The van der Waals surface area contributed by atoms with Crippen LogP contribution in [0.15, 0.2) is 26.2 Å². The summed E-state index contributed by atoms with van der Waals surface area (Å²) in [6.07, 6.45) is 0. The van der Waals surface area contributed by atoms with Crippen molar-refractivity contribution in [2.45, 2.75) is 0 Å². The fourth-order valence-corrected chi connectivity index (χ4v) is 2.11. The van der Waals surface area contributed by atoms with Gasteiger partial charge in [-0.1, -0.05) is 11.6 Å². The van der Waals surface area contributed by atoms with Crippen LogP contribution in [0.25, 0.3) is 0 Å². The molecule has 1 aromatic carbocycles. The highest BCUT2D eigenvalue weighted by molar-refractivity contribution is 9.11. The Balaban J connectivity index is 2.98. The van der Waals surface area contributed by atoms with Crippen molar-refractivity contribution < 1.29 is 0 Å². The van der Waals surface area contributed by atoms with Gasteiger partial charge in [0, 0.05) is 8.95 Å². The maximum atomic E-state index is 8.47. The van der Waals surface area contributed by atoms with Crippen LogP contribution in [0.2, 0.25) is 5.02 Å². The second-order valence-electron chi connectivity index (χ2n) is 2.55. The van der Waals surface area contributed by atoms with Crippen LogP contribution in [0.5, 0.6) is 0 Å². The van der Waals surface area contributed by atoms with E-state index in [9.17, 15) is 0 Å². The van der Waals surface area contributed by atoms with Crippen LogP contribution in [0.4, 0.5) is 5.69 Å². The van der Waals surface area contributed by atoms with Gasteiger partial charge in [0.2, 0.25) is 5.71 Å². The first-order valence-electron chi connectivity index (χ1n) is 3.87. The molecule has 0 saturated heterocycles. The van der Waals surface area contributed by atoms with Crippen molar-refractivity contribution in [1.82, 2.24) is 0 Å². The molecule has 4 nitrogen and oxygen atoms in total. The average molecular weight is 362 g/mol. The van der Waals surface area contributed by atoms with Crippen molar-refractivity contribution in [2.75, 3.05) is 5.43 Å². The summed E-state index contributed by atoms with van der Waals surface area (Å²) in [5.41, 5.74) is 2.93. The second kappa shape index (κ2) is 5.86. The van der Waals surface area contributed by atoms with Gasteiger partial charge in [-0.2, -0.15) is 15.6 Å². The summed E-state index contributed by atoms with van der Waals surface area (Å²) in [6, 6.07) is 6.65. The number of hydrazone groups is 1. The summed E-state index contributed by atoms with van der Waals surface area (Å²) in [5, 5.41) is 21.1. The van der Waals surface area contributed by atoms with Gasteiger partial charge in [-0.05, 0) is 44.0 Å². The zero-order valence-electron chi connectivity index (χ0n) is 7.63. The lowest BCUT2D eigenvalue weighted by molar-refractivity contribution is 1.33. The van der Waals surface area contributed by atoms with Gasteiger partial charge in [-0.25, -0.2) is 0 Å². The number of nitrogens with one attached hydrogen (secondary N) is 1. The van der Waals surface area contributed by atoms with Crippen LogP contribution < -0.4 is 5.43 Å². The van der Waals surface area contributed by atoms with Gasteiger partial charge >= 0.3 is 0 Å². The Kier molecular flexibility index (Phi) is 4.75. The smallest absolute Gasteiger partial charge is 0.237 e. The number of anilines is 1. The molecule has 0 saturated carbocycles. The van der Waals surface area contributed by atoms with E-state index in [0.717, 1.165) is 0 Å². The minimum Gasteiger partial charge on any atom is -0.276 e. The van der Waals surface area contributed by atoms with Crippen molar-refractivity contribution in [1.29, 1.82) is 10.5 Å². The predicted octanol–water partition coefficient (Wildman–Crippen LogP) is 3.68. The average Bonchev–Trinajstić information content (AvgIpc) is 2.27. The zero-order chi connectivity index (χ0) is 12.1. The van der Waals surface area contributed by atoms with Crippen molar-refractivity contribution in [3.63, 3.8) is 0 Å². The highest BCUT2D eigenvalue weighted by atomic mass is 79.9. The SMILES string of the molecule is N#CC(C#N)=NNc1cc(Br)c(Cl)c(Br)c1. The molecule has 0 radical (unpaired) electrons. The van der Waals surface area contributed by atoms with Crippen LogP contribution in [0.3, 0.4) is 0 Å². The highest BCUT2D eigenvalue weighted by Gasteiger charge is 2.04. The van der Waals surface area contributed by atoms with E-state index in [1.807, 2.05) is 0 Å². The molecule has 0 heterocycles. The maximum Gasteiger partial charge on any atom is 0.237 e. The van der Waals surface area contributed by atoms with Gasteiger partial charge in [0.25, 0.3) is 0 Å². The molecule has 0 aromatic heterocycles. The van der Waals surface area contributed by atoms with E-state index in [2.05, 4.69) is 42.4 Å². The predicted molar refractivity (Wildman–Crippen MR) is 69.1 cm³/mol. The van der Waals surface area contributed by atoms with Crippen molar-refractivity contribution >= 4 is 54.9 Å². The lowest BCUT2D eigenvalue weighted by Crippen LogP contribution is -1.96. The van der Waals surface area contributed by atoms with Gasteiger partial charge < -0.3 is 0 Å². The number of nitrogens with zero attached hydrogens (tertiary/aromatic N) is 3. The first-order chi connectivity index (χ1) is 7.58. The van der Waals surface area contributed by atoms with E-state index < -0.39 is 0 Å². The van der Waals surface area contributed by atoms with Crippen LogP contribution in [0, 0.1) is 22.7 Å². The molecule has 0 aliphatic rings. The standard InChI is InChI=1S/C9H3Br2ClN4/c10-7-1-5(2-8(11)9(7)12)15-16-6(3-13)4-14/h1-2,15H. The largest absolute Gasteiger partial charge is 0.276 e. The van der Waals surface area contributed by atoms with Gasteiger partial charge in [-0.3, -0.25) is 5.43 Å². The molecule has 80 valence electrons. The summed E-state index contributed by atoms with van der Waals surface area (Å²) in [5.74, 6) is 0. The van der Waals surface area contributed by atoms with E-state index in [1.54, 1.807) is 24.3 Å². The summed E-state index contributed by atoms with van der Waals surface area (Å²) in [7, 11) is 0. The first kappa shape index (κ1) is 13.0. The molecule has 7 heteroatoms. The Morgan fingerprint density at radius 3 is 2.19 bits per heavy atom. The highest BCUT2D eigenvalue weighted by Crippen LogP contribution is 2.33. The molecule has 1 aromatic rings. The van der Waals surface area contributed by atoms with Gasteiger partial charge in [-0.15, -0.1) is 0 Å². The summed E-state index contributed by atoms with van der Waals surface area (Å²) in [6.45, 7) is 0. The van der Waals surface area contributed by atoms with Crippen LogP contribution in [-0.2, 0) is 0 Å². The van der Waals surface area contributed by atoms with Gasteiger partial charge in [0.1, 0.15) is 12.1 Å². The van der Waals surface area contributed by atoms with Crippen molar-refractivity contribution in [3.05, 3.63) is 26.1 Å². The lowest BCUT2D eigenvalue weighted by atomic mass is 10.3. The molecule has 0 unspecified atom stereocenters. The van der Waals surface area contributed by atoms with Crippen LogP contribution in [0.1, 0.15) is 0 Å². The quantitative estimate of drug-likeness (QED) is 0.496. The molecular weight excluding hydrogens is 359 g/mol. The molecule has 16 heavy (non-hydrogen) atoms. The molecule has 0 atom stereocenters. The molecule has 0 bridgehead atoms. The number of nitriles is 2. The number of halogens is 3. The normalized spacial score (nSPS) is 8.81. The van der Waals surface area contributed by atoms with E-state index in [1.165, 1.54) is 0 Å². The van der Waals surface area contributed by atoms with E-state index in [-0.39, 0.29) is 5.71 Å². The third kappa shape index (κ3) is 3.21. The molecule has 0 amide bonds. The van der Waals surface area contributed by atoms with E-state index in [4.69, 9.17) is 22.1 Å². The Bertz CT molecular complexity index is 488. The summed E-state index contributed by atoms with van der Waals surface area (Å²) >= 11 is 12.4.